The van der Waals surface area contributed by atoms with E-state index in [1.165, 1.54) is 18.4 Å². The average molecular weight is 401 g/mol. The zero-order valence-electron chi connectivity index (χ0n) is 17.6. The Morgan fingerprint density at radius 1 is 0.933 bits per heavy atom. The van der Waals surface area contributed by atoms with Crippen LogP contribution in [0.25, 0.3) is 28.1 Å². The molecule has 3 aromatic carbocycles. The molecule has 0 aliphatic carbocycles. The molecule has 4 heteroatoms. The van der Waals surface area contributed by atoms with Gasteiger partial charge in [0.15, 0.2) is 0 Å². The monoisotopic (exact) mass is 400 g/mol. The number of aromatic nitrogens is 2. The Hall–Kier alpha value is -3.27. The van der Waals surface area contributed by atoms with Crippen LogP contribution in [0, 0.1) is 6.92 Å². The van der Waals surface area contributed by atoms with Crippen LogP contribution in [0.4, 0.5) is 0 Å². The number of hydrogen-bond acceptors (Lipinski definition) is 3. The molecule has 0 radical (unpaired) electrons. The van der Waals surface area contributed by atoms with Crippen LogP contribution in [0.1, 0.15) is 38.2 Å². The third-order valence-corrected chi connectivity index (χ3v) is 5.30. The number of hydrogen-bond donors (Lipinski definition) is 1. The molecule has 0 aliphatic rings. The molecule has 1 aromatic heterocycles. The van der Waals surface area contributed by atoms with Gasteiger partial charge in [-0.25, -0.2) is 4.98 Å². The maximum atomic E-state index is 10.7. The van der Waals surface area contributed by atoms with Gasteiger partial charge in [0.2, 0.25) is 0 Å². The molecule has 30 heavy (non-hydrogen) atoms. The predicted octanol–water partition coefficient (Wildman–Crippen LogP) is 6.67. The first kappa shape index (κ1) is 20.0. The van der Waals surface area contributed by atoms with Crippen molar-refractivity contribution in [3.05, 3.63) is 72.3 Å². The Morgan fingerprint density at radius 3 is 2.43 bits per heavy atom. The Bertz CT molecular complexity index is 1120. The SMILES string of the molecule is CCCCCCOc1cc(O)c2nc(-c3ccccc3)n(-c3ccc(C)cc3)c2c1. The van der Waals surface area contributed by atoms with Gasteiger partial charge in [0.1, 0.15) is 22.8 Å². The predicted molar refractivity (Wildman–Crippen MR) is 123 cm³/mol. The van der Waals surface area contributed by atoms with Gasteiger partial charge < -0.3 is 9.84 Å². The van der Waals surface area contributed by atoms with Gasteiger partial charge in [-0.3, -0.25) is 4.57 Å². The van der Waals surface area contributed by atoms with Crippen molar-refractivity contribution >= 4 is 11.0 Å². The number of nitrogens with zero attached hydrogens (tertiary/aromatic N) is 2. The summed E-state index contributed by atoms with van der Waals surface area (Å²) in [5.74, 6) is 1.60. The van der Waals surface area contributed by atoms with Crippen LogP contribution in [0.15, 0.2) is 66.7 Å². The number of aryl methyl sites for hydroxylation is 1. The number of phenolic OH excluding ortho intramolecular Hbond substituents is 1. The molecule has 0 spiro atoms. The zero-order chi connectivity index (χ0) is 20.9. The number of imidazole rings is 1. The molecule has 0 aliphatic heterocycles. The van der Waals surface area contributed by atoms with E-state index in [2.05, 4.69) is 42.7 Å². The van der Waals surface area contributed by atoms with Gasteiger partial charge >= 0.3 is 0 Å². The summed E-state index contributed by atoms with van der Waals surface area (Å²) < 4.78 is 8.06. The molecule has 1 heterocycles. The molecular weight excluding hydrogens is 372 g/mol. The van der Waals surface area contributed by atoms with Gasteiger partial charge in [-0.15, -0.1) is 0 Å². The van der Waals surface area contributed by atoms with Crippen molar-refractivity contribution < 1.29 is 9.84 Å². The molecule has 0 saturated heterocycles. The molecule has 0 atom stereocenters. The van der Waals surface area contributed by atoms with E-state index in [9.17, 15) is 5.11 Å². The van der Waals surface area contributed by atoms with Crippen molar-refractivity contribution in [3.63, 3.8) is 0 Å². The molecule has 0 saturated carbocycles. The van der Waals surface area contributed by atoms with Crippen LogP contribution in [0.5, 0.6) is 11.5 Å². The van der Waals surface area contributed by atoms with Crippen molar-refractivity contribution in [1.82, 2.24) is 9.55 Å². The topological polar surface area (TPSA) is 47.3 Å². The summed E-state index contributed by atoms with van der Waals surface area (Å²) >= 11 is 0. The number of aromatic hydroxyl groups is 1. The molecule has 154 valence electrons. The molecule has 1 N–H and O–H groups in total. The second-order valence-corrected chi connectivity index (χ2v) is 7.69. The summed E-state index contributed by atoms with van der Waals surface area (Å²) in [6.07, 6.45) is 4.59. The van der Waals surface area contributed by atoms with Gasteiger partial charge in [-0.2, -0.15) is 0 Å². The van der Waals surface area contributed by atoms with Crippen LogP contribution < -0.4 is 4.74 Å². The Balaban J connectivity index is 1.80. The lowest BCUT2D eigenvalue weighted by Gasteiger charge is -2.11. The maximum Gasteiger partial charge on any atom is 0.147 e. The van der Waals surface area contributed by atoms with Crippen molar-refractivity contribution in [2.24, 2.45) is 0 Å². The summed E-state index contributed by atoms with van der Waals surface area (Å²) in [7, 11) is 0. The maximum absolute atomic E-state index is 10.7. The van der Waals surface area contributed by atoms with Crippen molar-refractivity contribution in [1.29, 1.82) is 0 Å². The molecule has 4 rings (SSSR count). The van der Waals surface area contributed by atoms with Gasteiger partial charge in [0.05, 0.1) is 12.1 Å². The highest BCUT2D eigenvalue weighted by Gasteiger charge is 2.18. The number of unbranched alkanes of at least 4 members (excludes halogenated alkanes) is 3. The van der Waals surface area contributed by atoms with Gasteiger partial charge in [0, 0.05) is 23.4 Å². The normalized spacial score (nSPS) is 11.1. The second kappa shape index (κ2) is 9.04. The van der Waals surface area contributed by atoms with Crippen LogP contribution >= 0.6 is 0 Å². The first-order chi connectivity index (χ1) is 14.7. The minimum Gasteiger partial charge on any atom is -0.505 e. The lowest BCUT2D eigenvalue weighted by molar-refractivity contribution is 0.304. The summed E-state index contributed by atoms with van der Waals surface area (Å²) in [6, 6.07) is 22.0. The zero-order valence-corrected chi connectivity index (χ0v) is 17.6. The third kappa shape index (κ3) is 4.18. The average Bonchev–Trinajstić information content (AvgIpc) is 3.15. The summed E-state index contributed by atoms with van der Waals surface area (Å²) in [6.45, 7) is 4.92. The number of ether oxygens (including phenoxy) is 1. The highest BCUT2D eigenvalue weighted by molar-refractivity contribution is 5.89. The smallest absolute Gasteiger partial charge is 0.147 e. The lowest BCUT2D eigenvalue weighted by atomic mass is 10.2. The van der Waals surface area contributed by atoms with Gasteiger partial charge in [0.25, 0.3) is 0 Å². The number of fused-ring (bicyclic) bond motifs is 1. The van der Waals surface area contributed by atoms with E-state index in [1.807, 2.05) is 36.4 Å². The van der Waals surface area contributed by atoms with E-state index in [4.69, 9.17) is 9.72 Å². The fourth-order valence-electron chi connectivity index (χ4n) is 3.67. The van der Waals surface area contributed by atoms with Crippen molar-refractivity contribution in [3.8, 4) is 28.6 Å². The molecule has 4 aromatic rings. The first-order valence-corrected chi connectivity index (χ1v) is 10.7. The lowest BCUT2D eigenvalue weighted by Crippen LogP contribution is -1.99. The van der Waals surface area contributed by atoms with Crippen LogP contribution in [-0.4, -0.2) is 21.3 Å². The van der Waals surface area contributed by atoms with E-state index < -0.39 is 0 Å². The van der Waals surface area contributed by atoms with Crippen molar-refractivity contribution in [2.45, 2.75) is 39.5 Å². The molecule has 4 nitrogen and oxygen atoms in total. The Morgan fingerprint density at radius 2 is 1.70 bits per heavy atom. The Labute approximate surface area is 177 Å². The highest BCUT2D eigenvalue weighted by Crippen LogP contribution is 2.36. The van der Waals surface area contributed by atoms with Gasteiger partial charge in [-0.1, -0.05) is 74.2 Å². The minimum absolute atomic E-state index is 0.138. The molecule has 0 bridgehead atoms. The molecule has 0 fully saturated rings. The fraction of sp³-hybridized carbons (Fsp3) is 0.269. The molecule has 0 amide bonds. The van der Waals surface area contributed by atoms with Crippen molar-refractivity contribution in [2.75, 3.05) is 6.61 Å². The number of rotatable bonds is 8. The van der Waals surface area contributed by atoms with Crippen LogP contribution in [-0.2, 0) is 0 Å². The van der Waals surface area contributed by atoms with Crippen LogP contribution in [0.2, 0.25) is 0 Å². The van der Waals surface area contributed by atoms with E-state index >= 15 is 0 Å². The van der Waals surface area contributed by atoms with E-state index in [0.29, 0.717) is 17.9 Å². The first-order valence-electron chi connectivity index (χ1n) is 10.7. The van der Waals surface area contributed by atoms with E-state index in [-0.39, 0.29) is 5.75 Å². The Kier molecular flexibility index (Phi) is 6.03. The largest absolute Gasteiger partial charge is 0.505 e. The summed E-state index contributed by atoms with van der Waals surface area (Å²) in [5.41, 5.74) is 4.61. The quantitative estimate of drug-likeness (QED) is 0.336. The van der Waals surface area contributed by atoms with E-state index in [0.717, 1.165) is 35.4 Å². The van der Waals surface area contributed by atoms with E-state index in [1.54, 1.807) is 6.07 Å². The molecular formula is C26H28N2O2. The minimum atomic E-state index is 0.138. The van der Waals surface area contributed by atoms with Crippen LogP contribution in [0.3, 0.4) is 0 Å². The summed E-state index contributed by atoms with van der Waals surface area (Å²) in [4.78, 5) is 4.80. The summed E-state index contributed by atoms with van der Waals surface area (Å²) in [5, 5.41) is 10.7. The molecule has 0 unspecified atom stereocenters. The third-order valence-electron chi connectivity index (χ3n) is 5.30. The highest BCUT2D eigenvalue weighted by atomic mass is 16.5. The standard InChI is InChI=1S/C26H28N2O2/c1-3-4-5-9-16-30-22-17-23-25(24(29)18-22)27-26(20-10-7-6-8-11-20)28(23)21-14-12-19(2)13-15-21/h6-8,10-15,17-18,29H,3-5,9,16H2,1-2H3. The number of phenols is 1. The second-order valence-electron chi connectivity index (χ2n) is 7.69. The van der Waals surface area contributed by atoms with Gasteiger partial charge in [-0.05, 0) is 25.5 Å². The number of benzene rings is 3. The fourth-order valence-corrected chi connectivity index (χ4v) is 3.67.